The number of rotatable bonds is 5. The lowest BCUT2D eigenvalue weighted by Gasteiger charge is -2.15. The minimum atomic E-state index is -3.89. The molecule has 0 aliphatic rings. The highest BCUT2D eigenvalue weighted by Gasteiger charge is 2.18. The van der Waals surface area contributed by atoms with Crippen molar-refractivity contribution in [3.8, 4) is 5.75 Å². The van der Waals surface area contributed by atoms with Gasteiger partial charge in [-0.2, -0.15) is 0 Å². The fraction of sp³-hybridized carbons (Fsp3) is 0.250. The highest BCUT2D eigenvalue weighted by molar-refractivity contribution is 7.92. The molecule has 2 aromatic rings. The van der Waals surface area contributed by atoms with Gasteiger partial charge in [0.15, 0.2) is 0 Å². The van der Waals surface area contributed by atoms with Gasteiger partial charge in [-0.1, -0.05) is 13.8 Å². The molecule has 128 valence electrons. The fourth-order valence-electron chi connectivity index (χ4n) is 2.23. The number of phenolic OH excluding ortho intramolecular Hbond substituents is 1. The lowest BCUT2D eigenvalue weighted by molar-refractivity contribution is -0.384. The van der Waals surface area contributed by atoms with Crippen LogP contribution in [-0.4, -0.2) is 18.4 Å². The Morgan fingerprint density at radius 2 is 1.75 bits per heavy atom. The highest BCUT2D eigenvalue weighted by atomic mass is 32.2. The van der Waals surface area contributed by atoms with Crippen molar-refractivity contribution in [2.24, 2.45) is 0 Å². The van der Waals surface area contributed by atoms with Crippen LogP contribution < -0.4 is 4.72 Å². The largest absolute Gasteiger partial charge is 0.508 e. The molecule has 0 fully saturated rings. The van der Waals surface area contributed by atoms with Crippen molar-refractivity contribution >= 4 is 21.4 Å². The van der Waals surface area contributed by atoms with Crippen LogP contribution in [0, 0.1) is 17.0 Å². The van der Waals surface area contributed by atoms with E-state index in [2.05, 4.69) is 4.72 Å². The number of nitro benzene ring substituents is 1. The van der Waals surface area contributed by atoms with E-state index >= 15 is 0 Å². The van der Waals surface area contributed by atoms with E-state index in [4.69, 9.17) is 0 Å². The number of phenols is 1. The third-order valence-electron chi connectivity index (χ3n) is 3.60. The van der Waals surface area contributed by atoms with Crippen molar-refractivity contribution in [1.29, 1.82) is 0 Å². The summed E-state index contributed by atoms with van der Waals surface area (Å²) in [6, 6.07) is 7.73. The predicted molar refractivity (Wildman–Crippen MR) is 90.8 cm³/mol. The molecular formula is C16H18N2O5S. The number of nitrogens with one attached hydrogen (secondary N) is 1. The van der Waals surface area contributed by atoms with Gasteiger partial charge in [-0.15, -0.1) is 0 Å². The minimum Gasteiger partial charge on any atom is -0.508 e. The van der Waals surface area contributed by atoms with Crippen molar-refractivity contribution < 1.29 is 18.4 Å². The SMILES string of the molecule is Cc1cc(O)c(C(C)C)cc1NS(=O)(=O)c1ccc([N+](=O)[O-])cc1. The topological polar surface area (TPSA) is 110 Å². The number of hydrogen-bond acceptors (Lipinski definition) is 5. The summed E-state index contributed by atoms with van der Waals surface area (Å²) in [6.07, 6.45) is 0. The van der Waals surface area contributed by atoms with Crippen LogP contribution in [0.1, 0.15) is 30.9 Å². The average Bonchev–Trinajstić information content (AvgIpc) is 2.49. The Balaban J connectivity index is 2.39. The van der Waals surface area contributed by atoms with E-state index in [9.17, 15) is 23.6 Å². The Labute approximate surface area is 140 Å². The van der Waals surface area contributed by atoms with Crippen molar-refractivity contribution in [2.45, 2.75) is 31.6 Å². The summed E-state index contributed by atoms with van der Waals surface area (Å²) in [7, 11) is -3.89. The number of anilines is 1. The van der Waals surface area contributed by atoms with Crippen LogP contribution >= 0.6 is 0 Å². The molecule has 7 nitrogen and oxygen atoms in total. The van der Waals surface area contributed by atoms with Gasteiger partial charge in [0.1, 0.15) is 5.75 Å². The zero-order valence-electron chi connectivity index (χ0n) is 13.5. The lowest BCUT2D eigenvalue weighted by Crippen LogP contribution is -2.14. The second kappa shape index (κ2) is 6.48. The average molecular weight is 350 g/mol. The van der Waals surface area contributed by atoms with E-state index < -0.39 is 14.9 Å². The molecule has 0 saturated carbocycles. The molecule has 0 aliphatic heterocycles. The first-order valence-corrected chi connectivity index (χ1v) is 8.71. The number of nitrogens with zero attached hydrogens (tertiary/aromatic N) is 1. The second-order valence-electron chi connectivity index (χ2n) is 5.74. The standard InChI is InChI=1S/C16H18N2O5S/c1-10(2)14-9-15(11(3)8-16(14)19)17-24(22,23)13-6-4-12(5-7-13)18(20)21/h4-10,17,19H,1-3H3. The molecular weight excluding hydrogens is 332 g/mol. The van der Waals surface area contributed by atoms with Gasteiger partial charge in [-0.25, -0.2) is 8.42 Å². The normalized spacial score (nSPS) is 11.5. The van der Waals surface area contributed by atoms with Crippen LogP contribution in [0.15, 0.2) is 41.3 Å². The van der Waals surface area contributed by atoms with Gasteiger partial charge in [-0.3, -0.25) is 14.8 Å². The van der Waals surface area contributed by atoms with E-state index in [1.807, 2.05) is 13.8 Å². The van der Waals surface area contributed by atoms with Crippen LogP contribution in [0.2, 0.25) is 0 Å². The van der Waals surface area contributed by atoms with Crippen molar-refractivity contribution in [1.82, 2.24) is 0 Å². The van der Waals surface area contributed by atoms with E-state index in [1.165, 1.54) is 18.2 Å². The summed E-state index contributed by atoms with van der Waals surface area (Å²) >= 11 is 0. The van der Waals surface area contributed by atoms with Gasteiger partial charge in [0.05, 0.1) is 15.5 Å². The molecule has 0 saturated heterocycles. The molecule has 2 aromatic carbocycles. The molecule has 0 spiro atoms. The Bertz CT molecular complexity index is 874. The van der Waals surface area contributed by atoms with Gasteiger partial charge in [0, 0.05) is 12.1 Å². The molecule has 8 heteroatoms. The Hall–Kier alpha value is -2.61. The fourth-order valence-corrected chi connectivity index (χ4v) is 3.35. The Kier molecular flexibility index (Phi) is 4.79. The van der Waals surface area contributed by atoms with Gasteiger partial charge in [0.2, 0.25) is 0 Å². The zero-order chi connectivity index (χ0) is 18.1. The summed E-state index contributed by atoms with van der Waals surface area (Å²) in [6.45, 7) is 5.45. The minimum absolute atomic E-state index is 0.0215. The number of nitro groups is 1. The molecule has 0 unspecified atom stereocenters. The van der Waals surface area contributed by atoms with Crippen molar-refractivity contribution in [2.75, 3.05) is 4.72 Å². The Morgan fingerprint density at radius 1 is 1.17 bits per heavy atom. The summed E-state index contributed by atoms with van der Waals surface area (Å²) in [5.74, 6) is 0.133. The molecule has 0 atom stereocenters. The predicted octanol–water partition coefficient (Wildman–Crippen LogP) is 3.53. The summed E-state index contributed by atoms with van der Waals surface area (Å²) in [5, 5.41) is 20.6. The maximum atomic E-state index is 12.5. The number of benzene rings is 2. The molecule has 0 aromatic heterocycles. The number of non-ortho nitro benzene ring substituents is 1. The number of sulfonamides is 1. The molecule has 24 heavy (non-hydrogen) atoms. The number of hydrogen-bond donors (Lipinski definition) is 2. The third-order valence-corrected chi connectivity index (χ3v) is 4.98. The smallest absolute Gasteiger partial charge is 0.269 e. The number of aryl methyl sites for hydroxylation is 1. The monoisotopic (exact) mass is 350 g/mol. The first kappa shape index (κ1) is 17.7. The molecule has 0 radical (unpaired) electrons. The molecule has 0 heterocycles. The summed E-state index contributed by atoms with van der Waals surface area (Å²) < 4.78 is 27.4. The van der Waals surface area contributed by atoms with Crippen molar-refractivity contribution in [3.63, 3.8) is 0 Å². The van der Waals surface area contributed by atoms with Crippen LogP contribution in [0.4, 0.5) is 11.4 Å². The van der Waals surface area contributed by atoms with E-state index in [0.717, 1.165) is 12.1 Å². The van der Waals surface area contributed by atoms with Crippen molar-refractivity contribution in [3.05, 3.63) is 57.6 Å². The third kappa shape index (κ3) is 3.65. The molecule has 0 bridgehead atoms. The van der Waals surface area contributed by atoms with E-state index in [-0.39, 0.29) is 22.3 Å². The molecule has 0 aliphatic carbocycles. The first-order valence-electron chi connectivity index (χ1n) is 7.22. The van der Waals surface area contributed by atoms with Gasteiger partial charge in [0.25, 0.3) is 15.7 Å². The van der Waals surface area contributed by atoms with Crippen LogP contribution in [0.5, 0.6) is 5.75 Å². The van der Waals surface area contributed by atoms with Crippen LogP contribution in [-0.2, 0) is 10.0 Å². The maximum absolute atomic E-state index is 12.5. The van der Waals surface area contributed by atoms with Gasteiger partial charge >= 0.3 is 0 Å². The van der Waals surface area contributed by atoms with Gasteiger partial charge < -0.3 is 5.11 Å². The zero-order valence-corrected chi connectivity index (χ0v) is 14.3. The first-order chi connectivity index (χ1) is 11.1. The molecule has 2 rings (SSSR count). The van der Waals surface area contributed by atoms with Crippen LogP contribution in [0.25, 0.3) is 0 Å². The molecule has 0 amide bonds. The lowest BCUT2D eigenvalue weighted by atomic mass is 9.99. The number of aromatic hydroxyl groups is 1. The second-order valence-corrected chi connectivity index (χ2v) is 7.42. The highest BCUT2D eigenvalue weighted by Crippen LogP contribution is 2.32. The summed E-state index contributed by atoms with van der Waals surface area (Å²) in [5.41, 5.74) is 1.37. The maximum Gasteiger partial charge on any atom is 0.269 e. The van der Waals surface area contributed by atoms with E-state index in [0.29, 0.717) is 16.8 Å². The van der Waals surface area contributed by atoms with Crippen LogP contribution in [0.3, 0.4) is 0 Å². The Morgan fingerprint density at radius 3 is 2.25 bits per heavy atom. The summed E-state index contributed by atoms with van der Waals surface area (Å²) in [4.78, 5) is 9.98. The van der Waals surface area contributed by atoms with E-state index in [1.54, 1.807) is 13.0 Å². The molecule has 2 N–H and O–H groups in total. The van der Waals surface area contributed by atoms with Gasteiger partial charge in [-0.05, 0) is 48.2 Å². The quantitative estimate of drug-likeness (QED) is 0.487.